The molecular formula is C16H17ClN2O2. The predicted molar refractivity (Wildman–Crippen MR) is 84.5 cm³/mol. The van der Waals surface area contributed by atoms with Gasteiger partial charge in [0.2, 0.25) is 0 Å². The molecule has 0 bridgehead atoms. The van der Waals surface area contributed by atoms with Crippen LogP contribution >= 0.6 is 11.6 Å². The number of para-hydroxylation sites is 1. The number of rotatable bonds is 5. The zero-order chi connectivity index (χ0) is 15.2. The topological polar surface area (TPSA) is 64.3 Å². The summed E-state index contributed by atoms with van der Waals surface area (Å²) < 4.78 is 5.59. The van der Waals surface area contributed by atoms with Gasteiger partial charge in [-0.2, -0.15) is 0 Å². The third-order valence-electron chi connectivity index (χ3n) is 2.95. The lowest BCUT2D eigenvalue weighted by Gasteiger charge is -2.16. The highest BCUT2D eigenvalue weighted by Crippen LogP contribution is 2.26. The number of anilines is 1. The summed E-state index contributed by atoms with van der Waals surface area (Å²) in [5.74, 6) is 0.227. The average Bonchev–Trinajstić information content (AvgIpc) is 2.50. The maximum Gasteiger partial charge on any atom is 0.265 e. The molecule has 0 aromatic heterocycles. The first-order valence-electron chi connectivity index (χ1n) is 6.61. The summed E-state index contributed by atoms with van der Waals surface area (Å²) in [6, 6.07) is 14.5. The van der Waals surface area contributed by atoms with Crippen molar-refractivity contribution in [3.05, 3.63) is 59.1 Å². The first kappa shape index (κ1) is 15.4. The van der Waals surface area contributed by atoms with Gasteiger partial charge in [-0.05, 0) is 36.8 Å². The normalized spacial score (nSPS) is 11.8. The second-order valence-corrected chi connectivity index (χ2v) is 4.99. The molecule has 0 saturated carbocycles. The van der Waals surface area contributed by atoms with E-state index in [9.17, 15) is 4.79 Å². The van der Waals surface area contributed by atoms with Crippen LogP contribution in [0.25, 0.3) is 0 Å². The van der Waals surface area contributed by atoms with Crippen molar-refractivity contribution >= 4 is 23.2 Å². The Balaban J connectivity index is 2.00. The SMILES string of the molecule is CC(Oc1ccc(CN)cc1Cl)C(=O)Nc1ccccc1. The number of nitrogens with two attached hydrogens (primary N) is 1. The minimum Gasteiger partial charge on any atom is -0.479 e. The first-order valence-corrected chi connectivity index (χ1v) is 6.99. The van der Waals surface area contributed by atoms with E-state index in [2.05, 4.69) is 5.32 Å². The van der Waals surface area contributed by atoms with Gasteiger partial charge in [-0.15, -0.1) is 0 Å². The number of hydrogen-bond acceptors (Lipinski definition) is 3. The number of nitrogens with one attached hydrogen (secondary N) is 1. The highest BCUT2D eigenvalue weighted by atomic mass is 35.5. The van der Waals surface area contributed by atoms with E-state index in [0.717, 1.165) is 11.3 Å². The standard InChI is InChI=1S/C16H17ClN2O2/c1-11(16(20)19-13-5-3-2-4-6-13)21-15-8-7-12(10-18)9-14(15)17/h2-9,11H,10,18H2,1H3,(H,19,20). The molecule has 3 N–H and O–H groups in total. The van der Waals surface area contributed by atoms with Crippen LogP contribution in [0.1, 0.15) is 12.5 Å². The maximum atomic E-state index is 12.1. The fourth-order valence-corrected chi connectivity index (χ4v) is 2.02. The van der Waals surface area contributed by atoms with Crippen molar-refractivity contribution in [1.82, 2.24) is 0 Å². The fourth-order valence-electron chi connectivity index (χ4n) is 1.78. The lowest BCUT2D eigenvalue weighted by Crippen LogP contribution is -2.30. The molecule has 2 aromatic rings. The first-order chi connectivity index (χ1) is 10.1. The molecule has 21 heavy (non-hydrogen) atoms. The van der Waals surface area contributed by atoms with E-state index < -0.39 is 6.10 Å². The molecule has 0 heterocycles. The summed E-state index contributed by atoms with van der Waals surface area (Å²) >= 11 is 6.10. The molecular weight excluding hydrogens is 288 g/mol. The van der Waals surface area contributed by atoms with Crippen LogP contribution in [-0.2, 0) is 11.3 Å². The van der Waals surface area contributed by atoms with E-state index in [1.165, 1.54) is 0 Å². The molecule has 110 valence electrons. The molecule has 0 radical (unpaired) electrons. The van der Waals surface area contributed by atoms with Crippen LogP contribution in [0, 0.1) is 0 Å². The average molecular weight is 305 g/mol. The van der Waals surface area contributed by atoms with Gasteiger partial charge in [0.1, 0.15) is 5.75 Å². The molecule has 1 amide bonds. The van der Waals surface area contributed by atoms with E-state index in [1.807, 2.05) is 36.4 Å². The van der Waals surface area contributed by atoms with Crippen LogP contribution in [0.2, 0.25) is 5.02 Å². The number of ether oxygens (including phenoxy) is 1. The molecule has 2 rings (SSSR count). The number of carbonyl (C=O) groups is 1. The summed E-state index contributed by atoms with van der Waals surface area (Å²) in [6.07, 6.45) is -0.661. The molecule has 0 saturated heterocycles. The molecule has 0 aliphatic rings. The van der Waals surface area contributed by atoms with Crippen molar-refractivity contribution < 1.29 is 9.53 Å². The monoisotopic (exact) mass is 304 g/mol. The van der Waals surface area contributed by atoms with E-state index in [1.54, 1.807) is 19.1 Å². The van der Waals surface area contributed by atoms with Crippen molar-refractivity contribution in [2.75, 3.05) is 5.32 Å². The van der Waals surface area contributed by atoms with Gasteiger partial charge in [0.05, 0.1) is 5.02 Å². The number of hydrogen-bond donors (Lipinski definition) is 2. The lowest BCUT2D eigenvalue weighted by atomic mass is 10.2. The zero-order valence-corrected chi connectivity index (χ0v) is 12.4. The maximum absolute atomic E-state index is 12.1. The van der Waals surface area contributed by atoms with Gasteiger partial charge >= 0.3 is 0 Å². The van der Waals surface area contributed by atoms with Crippen LogP contribution in [0.4, 0.5) is 5.69 Å². The Morgan fingerprint density at radius 3 is 2.62 bits per heavy atom. The molecule has 0 aliphatic carbocycles. The molecule has 4 nitrogen and oxygen atoms in total. The van der Waals surface area contributed by atoms with Gasteiger partial charge in [-0.25, -0.2) is 0 Å². The van der Waals surface area contributed by atoms with Gasteiger partial charge in [0.15, 0.2) is 6.10 Å². The van der Waals surface area contributed by atoms with Crippen molar-refractivity contribution in [3.8, 4) is 5.75 Å². The van der Waals surface area contributed by atoms with Crippen LogP contribution in [-0.4, -0.2) is 12.0 Å². The van der Waals surface area contributed by atoms with E-state index in [0.29, 0.717) is 17.3 Å². The van der Waals surface area contributed by atoms with E-state index >= 15 is 0 Å². The third-order valence-corrected chi connectivity index (χ3v) is 3.24. The molecule has 2 aromatic carbocycles. The van der Waals surface area contributed by atoms with E-state index in [4.69, 9.17) is 22.1 Å². The van der Waals surface area contributed by atoms with Crippen LogP contribution in [0.3, 0.4) is 0 Å². The Kier molecular flexibility index (Phi) is 5.20. The van der Waals surface area contributed by atoms with Gasteiger partial charge in [-0.1, -0.05) is 35.9 Å². The molecule has 0 aliphatic heterocycles. The second kappa shape index (κ2) is 7.11. The van der Waals surface area contributed by atoms with Crippen LogP contribution < -0.4 is 15.8 Å². The second-order valence-electron chi connectivity index (χ2n) is 4.58. The number of carbonyl (C=O) groups excluding carboxylic acids is 1. The molecule has 1 atom stereocenters. The quantitative estimate of drug-likeness (QED) is 0.891. The summed E-state index contributed by atoms with van der Waals surface area (Å²) in [5.41, 5.74) is 7.18. The highest BCUT2D eigenvalue weighted by Gasteiger charge is 2.16. The zero-order valence-electron chi connectivity index (χ0n) is 11.7. The van der Waals surface area contributed by atoms with Gasteiger partial charge in [0.25, 0.3) is 5.91 Å². The number of benzene rings is 2. The largest absolute Gasteiger partial charge is 0.479 e. The fraction of sp³-hybridized carbons (Fsp3) is 0.188. The van der Waals surface area contributed by atoms with Crippen molar-refractivity contribution in [1.29, 1.82) is 0 Å². The van der Waals surface area contributed by atoms with Gasteiger partial charge < -0.3 is 15.8 Å². The minimum atomic E-state index is -0.661. The van der Waals surface area contributed by atoms with E-state index in [-0.39, 0.29) is 5.91 Å². The summed E-state index contributed by atoms with van der Waals surface area (Å²) in [7, 11) is 0. The number of halogens is 1. The van der Waals surface area contributed by atoms with Crippen LogP contribution in [0.5, 0.6) is 5.75 Å². The molecule has 1 unspecified atom stereocenters. The van der Waals surface area contributed by atoms with Crippen molar-refractivity contribution in [2.45, 2.75) is 19.6 Å². The minimum absolute atomic E-state index is 0.236. The van der Waals surface area contributed by atoms with Crippen molar-refractivity contribution in [3.63, 3.8) is 0 Å². The Hall–Kier alpha value is -2.04. The molecule has 0 fully saturated rings. The number of amides is 1. The Morgan fingerprint density at radius 2 is 2.00 bits per heavy atom. The van der Waals surface area contributed by atoms with Gasteiger partial charge in [-0.3, -0.25) is 4.79 Å². The Morgan fingerprint density at radius 1 is 1.29 bits per heavy atom. The summed E-state index contributed by atoms with van der Waals surface area (Å²) in [5, 5.41) is 3.22. The predicted octanol–water partition coefficient (Wildman–Crippen LogP) is 3.20. The Labute approximate surface area is 128 Å². The summed E-state index contributed by atoms with van der Waals surface area (Å²) in [6.45, 7) is 2.08. The smallest absolute Gasteiger partial charge is 0.265 e. The third kappa shape index (κ3) is 4.21. The Bertz CT molecular complexity index is 617. The molecule has 5 heteroatoms. The van der Waals surface area contributed by atoms with Gasteiger partial charge in [0, 0.05) is 12.2 Å². The summed E-state index contributed by atoms with van der Waals surface area (Å²) in [4.78, 5) is 12.1. The highest BCUT2D eigenvalue weighted by molar-refractivity contribution is 6.32. The molecule has 0 spiro atoms. The lowest BCUT2D eigenvalue weighted by molar-refractivity contribution is -0.122. The van der Waals surface area contributed by atoms with Crippen LogP contribution in [0.15, 0.2) is 48.5 Å². The van der Waals surface area contributed by atoms with Crippen molar-refractivity contribution in [2.24, 2.45) is 5.73 Å².